The smallest absolute Gasteiger partial charge is 0.406 e. The molecule has 1 aliphatic rings. The van der Waals surface area contributed by atoms with E-state index in [0.29, 0.717) is 30.2 Å². The fraction of sp³-hybridized carbons (Fsp3) is 0.333. The summed E-state index contributed by atoms with van der Waals surface area (Å²) < 4.78 is 46.2. The number of ether oxygens (including phenoxy) is 1. The van der Waals surface area contributed by atoms with E-state index in [1.165, 1.54) is 29.8 Å². The zero-order valence-electron chi connectivity index (χ0n) is 21.6. The highest BCUT2D eigenvalue weighted by molar-refractivity contribution is 5.95. The number of nitrogens with two attached hydrogens (primary N) is 1. The Hall–Kier alpha value is -4.39. The minimum Gasteiger partial charge on any atom is -0.406 e. The van der Waals surface area contributed by atoms with Crippen molar-refractivity contribution in [1.29, 1.82) is 0 Å². The molecule has 2 aromatic heterocycles. The molecule has 40 heavy (non-hydrogen) atoms. The highest BCUT2D eigenvalue weighted by Gasteiger charge is 2.31. The Morgan fingerprint density at radius 2 is 1.85 bits per heavy atom. The molecule has 0 saturated carbocycles. The lowest BCUT2D eigenvalue weighted by Crippen LogP contribution is -2.44. The number of imidazole rings is 1. The third-order valence-corrected chi connectivity index (χ3v) is 6.82. The number of Topliss-reactive ketones (excluding diaryl/α,β-unsaturated/α-hetero) is 1. The van der Waals surface area contributed by atoms with E-state index in [4.69, 9.17) is 5.73 Å². The molecule has 1 fully saturated rings. The standard InChI is InChI=1S/C27H27F3N6O4/c1-33-23-22(24(38)36(26(33)39)16-21(37)18-8-3-2-4-9-18)35(25(32-23)34-12-6-10-19(31)15-34)14-17-7-5-11-20(13-17)40-27(28,29)30/h2-5,7-9,11,13,19H,6,10,12,14-16,31H2,1H3. The Labute approximate surface area is 226 Å². The molecule has 1 aliphatic heterocycles. The number of anilines is 1. The van der Waals surface area contributed by atoms with E-state index >= 15 is 0 Å². The topological polar surface area (TPSA) is 117 Å². The van der Waals surface area contributed by atoms with Gasteiger partial charge in [-0.2, -0.15) is 4.98 Å². The number of fused-ring (bicyclic) bond motifs is 1. The predicted molar refractivity (Wildman–Crippen MR) is 142 cm³/mol. The lowest BCUT2D eigenvalue weighted by Gasteiger charge is -2.31. The molecule has 2 N–H and O–H groups in total. The summed E-state index contributed by atoms with van der Waals surface area (Å²) in [7, 11) is 1.45. The quantitative estimate of drug-likeness (QED) is 0.348. The number of aromatic nitrogens is 4. The molecule has 1 atom stereocenters. The molecule has 1 unspecified atom stereocenters. The summed E-state index contributed by atoms with van der Waals surface area (Å²) in [5, 5.41) is 0. The number of ketones is 1. The van der Waals surface area contributed by atoms with E-state index in [9.17, 15) is 27.6 Å². The molecule has 4 aromatic rings. The number of hydrogen-bond donors (Lipinski definition) is 1. The molecule has 0 bridgehead atoms. The zero-order chi connectivity index (χ0) is 28.6. The first kappa shape index (κ1) is 27.2. The number of rotatable bonds is 7. The second-order valence-corrected chi connectivity index (χ2v) is 9.74. The zero-order valence-corrected chi connectivity index (χ0v) is 21.6. The fourth-order valence-corrected chi connectivity index (χ4v) is 4.96. The van der Waals surface area contributed by atoms with Crippen molar-refractivity contribution in [2.75, 3.05) is 18.0 Å². The van der Waals surface area contributed by atoms with Crippen LogP contribution in [-0.4, -0.2) is 50.0 Å². The lowest BCUT2D eigenvalue weighted by atomic mass is 10.1. The predicted octanol–water partition coefficient (Wildman–Crippen LogP) is 2.65. The molecule has 0 amide bonds. The van der Waals surface area contributed by atoms with Crippen LogP contribution in [0, 0.1) is 0 Å². The van der Waals surface area contributed by atoms with Crippen LogP contribution in [0.25, 0.3) is 11.2 Å². The van der Waals surface area contributed by atoms with Crippen molar-refractivity contribution >= 4 is 22.9 Å². The molecule has 1 saturated heterocycles. The van der Waals surface area contributed by atoms with Gasteiger partial charge in [0.05, 0.1) is 13.1 Å². The van der Waals surface area contributed by atoms with Crippen molar-refractivity contribution in [3.05, 3.63) is 86.6 Å². The first-order chi connectivity index (χ1) is 19.0. The summed E-state index contributed by atoms with van der Waals surface area (Å²) in [6.45, 7) is 0.486. The molecule has 0 radical (unpaired) electrons. The minimum atomic E-state index is -4.87. The largest absolute Gasteiger partial charge is 0.573 e. The molecule has 2 aromatic carbocycles. The van der Waals surface area contributed by atoms with Gasteiger partial charge in [0.2, 0.25) is 5.95 Å². The second-order valence-electron chi connectivity index (χ2n) is 9.74. The van der Waals surface area contributed by atoms with E-state index in [2.05, 4.69) is 9.72 Å². The SMILES string of the molecule is Cn1c(=O)n(CC(=O)c2ccccc2)c(=O)c2c1nc(N1CCCC(N)C1)n2Cc1cccc(OC(F)(F)F)c1. The summed E-state index contributed by atoms with van der Waals surface area (Å²) in [6.07, 6.45) is -3.29. The fourth-order valence-electron chi connectivity index (χ4n) is 4.96. The summed E-state index contributed by atoms with van der Waals surface area (Å²) in [5.74, 6) is -0.481. The third kappa shape index (κ3) is 5.50. The van der Waals surface area contributed by atoms with Crippen molar-refractivity contribution < 1.29 is 22.7 Å². The summed E-state index contributed by atoms with van der Waals surface area (Å²) >= 11 is 0. The van der Waals surface area contributed by atoms with E-state index in [1.54, 1.807) is 41.0 Å². The number of carbonyl (C=O) groups is 1. The van der Waals surface area contributed by atoms with Gasteiger partial charge in [-0.3, -0.25) is 23.3 Å². The number of nitrogens with zero attached hydrogens (tertiary/aromatic N) is 5. The molecule has 5 rings (SSSR count). The van der Waals surface area contributed by atoms with Crippen LogP contribution in [0.5, 0.6) is 5.75 Å². The number of alkyl halides is 3. The molecule has 10 nitrogen and oxygen atoms in total. The lowest BCUT2D eigenvalue weighted by molar-refractivity contribution is -0.274. The van der Waals surface area contributed by atoms with Gasteiger partial charge in [-0.25, -0.2) is 4.79 Å². The van der Waals surface area contributed by atoms with Gasteiger partial charge in [0.25, 0.3) is 5.56 Å². The molecule has 0 spiro atoms. The van der Waals surface area contributed by atoms with E-state index in [1.807, 2.05) is 4.90 Å². The van der Waals surface area contributed by atoms with Gasteiger partial charge in [-0.15, -0.1) is 13.2 Å². The minimum absolute atomic E-state index is 0.0410. The van der Waals surface area contributed by atoms with Crippen LogP contribution in [0.4, 0.5) is 19.1 Å². The van der Waals surface area contributed by atoms with Crippen molar-refractivity contribution in [3.8, 4) is 5.75 Å². The van der Waals surface area contributed by atoms with E-state index in [-0.39, 0.29) is 23.8 Å². The molecule has 0 aliphatic carbocycles. The Kier molecular flexibility index (Phi) is 7.23. The molecular weight excluding hydrogens is 529 g/mol. The average molecular weight is 557 g/mol. The first-order valence-corrected chi connectivity index (χ1v) is 12.7. The van der Waals surface area contributed by atoms with Gasteiger partial charge in [0, 0.05) is 31.7 Å². The summed E-state index contributed by atoms with van der Waals surface area (Å²) in [5.41, 5.74) is 5.63. The van der Waals surface area contributed by atoms with Gasteiger partial charge in [-0.05, 0) is 30.5 Å². The van der Waals surface area contributed by atoms with Gasteiger partial charge >= 0.3 is 12.1 Å². The van der Waals surface area contributed by atoms with E-state index < -0.39 is 35.7 Å². The maximum Gasteiger partial charge on any atom is 0.573 e. The van der Waals surface area contributed by atoms with Crippen molar-refractivity contribution in [2.24, 2.45) is 12.8 Å². The summed E-state index contributed by atoms with van der Waals surface area (Å²) in [6, 6.07) is 13.6. The van der Waals surface area contributed by atoms with Crippen LogP contribution in [0.15, 0.2) is 64.2 Å². The third-order valence-electron chi connectivity index (χ3n) is 6.82. The second kappa shape index (κ2) is 10.6. The Morgan fingerprint density at radius 1 is 1.10 bits per heavy atom. The molecular formula is C27H27F3N6O4. The summed E-state index contributed by atoms with van der Waals surface area (Å²) in [4.78, 5) is 46.5. The van der Waals surface area contributed by atoms with Gasteiger partial charge < -0.3 is 15.4 Å². The van der Waals surface area contributed by atoms with Crippen LogP contribution in [0.3, 0.4) is 0 Å². The molecule has 3 heterocycles. The maximum atomic E-state index is 13.8. The van der Waals surface area contributed by atoms with Crippen molar-refractivity contribution in [3.63, 3.8) is 0 Å². The highest BCUT2D eigenvalue weighted by atomic mass is 19.4. The number of piperidine rings is 1. The van der Waals surface area contributed by atoms with E-state index in [0.717, 1.165) is 17.4 Å². The first-order valence-electron chi connectivity index (χ1n) is 12.7. The van der Waals surface area contributed by atoms with Crippen LogP contribution in [0.1, 0.15) is 28.8 Å². The number of carbonyl (C=O) groups excluding carboxylic acids is 1. The maximum absolute atomic E-state index is 13.8. The van der Waals surface area contributed by atoms with Crippen molar-refractivity contribution in [2.45, 2.75) is 38.3 Å². The molecule has 210 valence electrons. The van der Waals surface area contributed by atoms with Crippen LogP contribution in [-0.2, 0) is 20.1 Å². The number of hydrogen-bond acceptors (Lipinski definition) is 7. The molecule has 13 heteroatoms. The Bertz CT molecular complexity index is 1680. The van der Waals surface area contributed by atoms with Crippen LogP contribution in [0.2, 0.25) is 0 Å². The van der Waals surface area contributed by atoms with Gasteiger partial charge in [0.1, 0.15) is 5.75 Å². The number of benzene rings is 2. The Balaban J connectivity index is 1.66. The highest BCUT2D eigenvalue weighted by Crippen LogP contribution is 2.27. The monoisotopic (exact) mass is 556 g/mol. The van der Waals surface area contributed by atoms with Crippen molar-refractivity contribution in [1.82, 2.24) is 18.7 Å². The normalized spacial score (nSPS) is 15.9. The average Bonchev–Trinajstić information content (AvgIpc) is 3.29. The van der Waals surface area contributed by atoms with Crippen LogP contribution < -0.4 is 26.6 Å². The van der Waals surface area contributed by atoms with Crippen LogP contribution >= 0.6 is 0 Å². The Morgan fingerprint density at radius 3 is 2.55 bits per heavy atom. The van der Waals surface area contributed by atoms with Gasteiger partial charge in [-0.1, -0.05) is 42.5 Å². The number of aryl methyl sites for hydroxylation is 1. The number of halogens is 3. The van der Waals surface area contributed by atoms with Gasteiger partial charge in [0.15, 0.2) is 16.9 Å².